The molecular formula is C23H28N6O4S. The number of aryl methyl sites for hydroxylation is 2. The van der Waals surface area contributed by atoms with Crippen LogP contribution in [-0.4, -0.2) is 41.5 Å². The SMILES string of the molecule is Cc1noc(C)c1-c1ccc(C(=O)NS(=O)(=O)c2cccnc2N)c(N2C[C@@H](C)CC2(C)C)n1. The van der Waals surface area contributed by atoms with Gasteiger partial charge in [0.25, 0.3) is 15.9 Å². The number of sulfonamides is 1. The fraction of sp³-hybridized carbons (Fsp3) is 0.391. The number of rotatable bonds is 5. The third-order valence-electron chi connectivity index (χ3n) is 6.05. The Morgan fingerprint density at radius 3 is 2.59 bits per heavy atom. The highest BCUT2D eigenvalue weighted by Crippen LogP contribution is 2.39. The van der Waals surface area contributed by atoms with Crippen molar-refractivity contribution in [2.75, 3.05) is 17.2 Å². The van der Waals surface area contributed by atoms with E-state index >= 15 is 0 Å². The van der Waals surface area contributed by atoms with Gasteiger partial charge in [-0.1, -0.05) is 12.1 Å². The van der Waals surface area contributed by atoms with Gasteiger partial charge in [-0.15, -0.1) is 0 Å². The highest BCUT2D eigenvalue weighted by atomic mass is 32.2. The second-order valence-electron chi connectivity index (χ2n) is 9.32. The number of carbonyl (C=O) groups excluding carboxylic acids is 1. The topological polar surface area (TPSA) is 144 Å². The van der Waals surface area contributed by atoms with Crippen LogP contribution in [0.25, 0.3) is 11.3 Å². The Balaban J connectivity index is 1.80. The summed E-state index contributed by atoms with van der Waals surface area (Å²) in [6, 6.07) is 5.99. The average molecular weight is 485 g/mol. The first-order valence-electron chi connectivity index (χ1n) is 10.9. The third kappa shape index (κ3) is 4.23. The molecular weight excluding hydrogens is 456 g/mol. The molecule has 1 amide bonds. The largest absolute Gasteiger partial charge is 0.383 e. The molecule has 1 fully saturated rings. The first kappa shape index (κ1) is 23.7. The molecule has 34 heavy (non-hydrogen) atoms. The van der Waals surface area contributed by atoms with Gasteiger partial charge in [0, 0.05) is 18.3 Å². The number of carbonyl (C=O) groups is 1. The maximum Gasteiger partial charge on any atom is 0.268 e. The number of anilines is 2. The predicted molar refractivity (Wildman–Crippen MR) is 128 cm³/mol. The highest BCUT2D eigenvalue weighted by molar-refractivity contribution is 7.90. The predicted octanol–water partition coefficient (Wildman–Crippen LogP) is 3.07. The van der Waals surface area contributed by atoms with E-state index in [1.807, 2.05) is 6.92 Å². The Bertz CT molecular complexity index is 1350. The van der Waals surface area contributed by atoms with Crippen molar-refractivity contribution < 1.29 is 17.7 Å². The number of pyridine rings is 2. The number of hydrogen-bond acceptors (Lipinski definition) is 9. The lowest BCUT2D eigenvalue weighted by molar-refractivity contribution is 0.0981. The second-order valence-corrected chi connectivity index (χ2v) is 11.0. The first-order chi connectivity index (χ1) is 15.9. The van der Waals surface area contributed by atoms with Crippen LogP contribution in [0.3, 0.4) is 0 Å². The van der Waals surface area contributed by atoms with Gasteiger partial charge in [-0.05, 0) is 64.3 Å². The van der Waals surface area contributed by atoms with E-state index < -0.39 is 15.9 Å². The minimum atomic E-state index is -4.24. The molecule has 0 unspecified atom stereocenters. The lowest BCUT2D eigenvalue weighted by Crippen LogP contribution is -2.41. The van der Waals surface area contributed by atoms with Gasteiger partial charge < -0.3 is 15.2 Å². The molecule has 0 radical (unpaired) electrons. The summed E-state index contributed by atoms with van der Waals surface area (Å²) in [6.07, 6.45) is 2.28. The number of nitrogen functional groups attached to an aromatic ring is 1. The average Bonchev–Trinajstić information content (AvgIpc) is 3.23. The summed E-state index contributed by atoms with van der Waals surface area (Å²) in [4.78, 5) is 23.7. The minimum Gasteiger partial charge on any atom is -0.383 e. The van der Waals surface area contributed by atoms with Crippen LogP contribution in [0.2, 0.25) is 0 Å². The summed E-state index contributed by atoms with van der Waals surface area (Å²) in [5, 5.41) is 4.00. The summed E-state index contributed by atoms with van der Waals surface area (Å²) in [5.74, 6) is 0.390. The van der Waals surface area contributed by atoms with E-state index in [1.165, 1.54) is 18.3 Å². The molecule has 0 aromatic carbocycles. The maximum absolute atomic E-state index is 13.3. The Hall–Kier alpha value is -3.47. The summed E-state index contributed by atoms with van der Waals surface area (Å²) < 4.78 is 33.2. The molecule has 3 aromatic heterocycles. The number of nitrogens with two attached hydrogens (primary N) is 1. The van der Waals surface area contributed by atoms with Gasteiger partial charge in [0.2, 0.25) is 0 Å². The molecule has 3 aromatic rings. The van der Waals surface area contributed by atoms with Gasteiger partial charge in [-0.25, -0.2) is 23.1 Å². The molecule has 4 rings (SSSR count). The van der Waals surface area contributed by atoms with Gasteiger partial charge in [0.1, 0.15) is 22.3 Å². The van der Waals surface area contributed by atoms with E-state index in [0.29, 0.717) is 35.4 Å². The van der Waals surface area contributed by atoms with Crippen LogP contribution >= 0.6 is 0 Å². The minimum absolute atomic E-state index is 0.142. The fourth-order valence-electron chi connectivity index (χ4n) is 4.64. The van der Waals surface area contributed by atoms with E-state index in [4.69, 9.17) is 15.2 Å². The number of nitrogens with one attached hydrogen (secondary N) is 1. The van der Waals surface area contributed by atoms with Gasteiger partial charge in [-0.3, -0.25) is 4.79 Å². The van der Waals surface area contributed by atoms with Crippen LogP contribution in [0.15, 0.2) is 39.9 Å². The molecule has 0 bridgehead atoms. The number of amides is 1. The quantitative estimate of drug-likeness (QED) is 0.558. The van der Waals surface area contributed by atoms with E-state index in [1.54, 1.807) is 19.1 Å². The number of nitrogens with zero attached hydrogens (tertiary/aromatic N) is 4. The zero-order chi connectivity index (χ0) is 24.8. The van der Waals surface area contributed by atoms with Crippen molar-refractivity contribution in [3.63, 3.8) is 0 Å². The van der Waals surface area contributed by atoms with Crippen LogP contribution in [0.4, 0.5) is 11.6 Å². The normalized spacial score (nSPS) is 17.7. The van der Waals surface area contributed by atoms with Crippen molar-refractivity contribution in [3.05, 3.63) is 47.5 Å². The third-order valence-corrected chi connectivity index (χ3v) is 7.43. The van der Waals surface area contributed by atoms with Gasteiger partial charge in [0.05, 0.1) is 22.5 Å². The molecule has 1 aliphatic rings. The van der Waals surface area contributed by atoms with Crippen molar-refractivity contribution in [2.45, 2.75) is 51.5 Å². The van der Waals surface area contributed by atoms with Gasteiger partial charge in [-0.2, -0.15) is 0 Å². The van der Waals surface area contributed by atoms with Crippen molar-refractivity contribution in [2.24, 2.45) is 5.92 Å². The van der Waals surface area contributed by atoms with E-state index in [9.17, 15) is 13.2 Å². The zero-order valence-corrected chi connectivity index (χ0v) is 20.6. The van der Waals surface area contributed by atoms with Crippen LogP contribution in [0.1, 0.15) is 49.0 Å². The maximum atomic E-state index is 13.3. The van der Waals surface area contributed by atoms with E-state index in [2.05, 4.69) is 40.5 Å². The Morgan fingerprint density at radius 1 is 1.26 bits per heavy atom. The molecule has 10 nitrogen and oxygen atoms in total. The Morgan fingerprint density at radius 2 is 2.00 bits per heavy atom. The van der Waals surface area contributed by atoms with Crippen LogP contribution < -0.4 is 15.4 Å². The van der Waals surface area contributed by atoms with E-state index in [0.717, 1.165) is 12.0 Å². The Kier molecular flexibility index (Phi) is 5.84. The van der Waals surface area contributed by atoms with Gasteiger partial charge >= 0.3 is 0 Å². The first-order valence-corrected chi connectivity index (χ1v) is 12.4. The highest BCUT2D eigenvalue weighted by Gasteiger charge is 2.39. The fourth-order valence-corrected chi connectivity index (χ4v) is 5.69. The molecule has 1 aliphatic heterocycles. The summed E-state index contributed by atoms with van der Waals surface area (Å²) in [6.45, 7) is 10.6. The van der Waals surface area contributed by atoms with Crippen LogP contribution in [-0.2, 0) is 10.0 Å². The number of aromatic nitrogens is 3. The smallest absolute Gasteiger partial charge is 0.268 e. The zero-order valence-electron chi connectivity index (χ0n) is 19.8. The molecule has 1 atom stereocenters. The molecule has 0 spiro atoms. The van der Waals surface area contributed by atoms with Crippen molar-refractivity contribution in [1.29, 1.82) is 0 Å². The molecule has 3 N–H and O–H groups in total. The summed E-state index contributed by atoms with van der Waals surface area (Å²) in [7, 11) is -4.24. The number of hydrogen-bond donors (Lipinski definition) is 2. The standard InChI is InChI=1S/C23H28N6O4S/c1-13-11-23(4,5)29(12-13)21-16(8-9-17(26-21)19-14(2)27-33-15(19)3)22(30)28-34(31,32)18-7-6-10-25-20(18)24/h6-10,13H,11-12H2,1-5H3,(H2,24,25)(H,28,30)/t13-/m0/s1. The van der Waals surface area contributed by atoms with E-state index in [-0.39, 0.29) is 21.8 Å². The molecule has 1 saturated heterocycles. The Labute approximate surface area is 198 Å². The van der Waals surface area contributed by atoms with Gasteiger partial charge in [0.15, 0.2) is 0 Å². The molecule has 11 heteroatoms. The summed E-state index contributed by atoms with van der Waals surface area (Å²) >= 11 is 0. The summed E-state index contributed by atoms with van der Waals surface area (Å²) in [5.41, 5.74) is 7.60. The van der Waals surface area contributed by atoms with Crippen molar-refractivity contribution in [3.8, 4) is 11.3 Å². The van der Waals surface area contributed by atoms with Crippen molar-refractivity contribution in [1.82, 2.24) is 19.8 Å². The lowest BCUT2D eigenvalue weighted by Gasteiger charge is -2.34. The molecule has 0 aliphatic carbocycles. The lowest BCUT2D eigenvalue weighted by atomic mass is 9.97. The molecule has 4 heterocycles. The second kappa shape index (κ2) is 8.39. The monoisotopic (exact) mass is 484 g/mol. The molecule has 0 saturated carbocycles. The van der Waals surface area contributed by atoms with Crippen molar-refractivity contribution >= 4 is 27.6 Å². The van der Waals surface area contributed by atoms with Crippen LogP contribution in [0.5, 0.6) is 0 Å². The van der Waals surface area contributed by atoms with Crippen LogP contribution in [0, 0.1) is 19.8 Å². The molecule has 180 valence electrons.